The van der Waals surface area contributed by atoms with Gasteiger partial charge in [0.1, 0.15) is 11.6 Å². The summed E-state index contributed by atoms with van der Waals surface area (Å²) < 4.78 is 24.1. The van der Waals surface area contributed by atoms with Gasteiger partial charge in [0.25, 0.3) is 5.91 Å². The molecule has 2 N–H and O–H groups in total. The Balaban J connectivity index is 1.63. The van der Waals surface area contributed by atoms with Crippen LogP contribution >= 0.6 is 0 Å². The van der Waals surface area contributed by atoms with E-state index in [9.17, 15) is 14.3 Å². The number of nitrogens with zero attached hydrogens (tertiary/aromatic N) is 3. The van der Waals surface area contributed by atoms with Crippen molar-refractivity contribution in [2.75, 3.05) is 20.2 Å². The molecule has 0 aliphatic carbocycles. The molecule has 0 saturated carbocycles. The number of likely N-dealkylation sites (tertiary alicyclic amines) is 1. The van der Waals surface area contributed by atoms with Crippen LogP contribution < -0.4 is 10.1 Å². The van der Waals surface area contributed by atoms with Crippen LogP contribution in [0.4, 0.5) is 4.39 Å². The number of aliphatic hydroxyl groups is 1. The van der Waals surface area contributed by atoms with E-state index < -0.39 is 17.3 Å². The van der Waals surface area contributed by atoms with Gasteiger partial charge in [-0.1, -0.05) is 5.16 Å². The normalized spacial score (nSPS) is 20.1. The maximum atomic E-state index is 14.1. The van der Waals surface area contributed by atoms with E-state index >= 15 is 0 Å². The third kappa shape index (κ3) is 4.42. The molecule has 1 atom stereocenters. The maximum Gasteiger partial charge on any atom is 0.256 e. The van der Waals surface area contributed by atoms with Crippen molar-refractivity contribution in [3.05, 3.63) is 41.3 Å². The number of nitrogens with one attached hydrogen (secondary N) is 1. The number of benzene rings is 1. The lowest BCUT2D eigenvalue weighted by molar-refractivity contribution is -0.157. The smallest absolute Gasteiger partial charge is 0.256 e. The number of hydrogen-bond acceptors (Lipinski definition) is 7. The summed E-state index contributed by atoms with van der Waals surface area (Å²) in [5.41, 5.74) is -1.20. The van der Waals surface area contributed by atoms with Gasteiger partial charge < -0.3 is 24.6 Å². The highest BCUT2D eigenvalue weighted by molar-refractivity contribution is 5.86. The fraction of sp³-hybridized carbons (Fsp3) is 0.500. The van der Waals surface area contributed by atoms with E-state index in [2.05, 4.69) is 15.5 Å². The molecule has 9 heteroatoms. The fourth-order valence-corrected chi connectivity index (χ4v) is 3.18. The van der Waals surface area contributed by atoms with Gasteiger partial charge in [0.05, 0.1) is 13.7 Å². The Kier molecular flexibility index (Phi) is 5.71. The average molecular weight is 378 g/mol. The number of aryl methyl sites for hydroxylation is 1. The quantitative estimate of drug-likeness (QED) is 0.746. The van der Waals surface area contributed by atoms with E-state index in [-0.39, 0.29) is 19.6 Å². The number of piperidine rings is 1. The summed E-state index contributed by atoms with van der Waals surface area (Å²) in [7, 11) is 1.50. The van der Waals surface area contributed by atoms with Crippen molar-refractivity contribution in [3.63, 3.8) is 0 Å². The Hall–Kier alpha value is -2.52. The summed E-state index contributed by atoms with van der Waals surface area (Å²) in [5, 5.41) is 17.6. The number of carbonyl (C=O) groups is 1. The number of methoxy groups -OCH3 is 1. The maximum absolute atomic E-state index is 14.1. The van der Waals surface area contributed by atoms with Gasteiger partial charge in [-0.25, -0.2) is 4.39 Å². The molecule has 2 aromatic rings. The molecule has 1 saturated heterocycles. The number of hydrogen-bond donors (Lipinski definition) is 2. The third-order valence-electron chi connectivity index (χ3n) is 4.59. The second kappa shape index (κ2) is 8.01. The molecule has 0 unspecified atom stereocenters. The third-order valence-corrected chi connectivity index (χ3v) is 4.59. The van der Waals surface area contributed by atoms with Gasteiger partial charge in [-0.3, -0.25) is 4.79 Å². The van der Waals surface area contributed by atoms with Gasteiger partial charge in [-0.05, 0) is 31.0 Å². The Morgan fingerprint density at radius 3 is 3.00 bits per heavy atom. The molecule has 3 rings (SSSR count). The molecule has 1 fully saturated rings. The van der Waals surface area contributed by atoms with Crippen molar-refractivity contribution in [1.82, 2.24) is 20.4 Å². The summed E-state index contributed by atoms with van der Waals surface area (Å²) in [6, 6.07) is 4.40. The first-order valence-corrected chi connectivity index (χ1v) is 8.75. The second-order valence-electron chi connectivity index (χ2n) is 6.65. The topological polar surface area (TPSA) is 101 Å². The highest BCUT2D eigenvalue weighted by atomic mass is 19.1. The van der Waals surface area contributed by atoms with Crippen LogP contribution in [0.1, 0.15) is 30.1 Å². The number of amides is 1. The van der Waals surface area contributed by atoms with Crippen molar-refractivity contribution in [2.24, 2.45) is 0 Å². The largest absolute Gasteiger partial charge is 0.497 e. The number of aromatic nitrogens is 2. The van der Waals surface area contributed by atoms with Gasteiger partial charge in [0.2, 0.25) is 5.89 Å². The minimum Gasteiger partial charge on any atom is -0.497 e. The minimum absolute atomic E-state index is 0.0521. The molecule has 0 bridgehead atoms. The molecule has 146 valence electrons. The van der Waals surface area contributed by atoms with Crippen LogP contribution in [0.2, 0.25) is 0 Å². The van der Waals surface area contributed by atoms with E-state index in [1.54, 1.807) is 13.0 Å². The number of rotatable bonds is 7. The molecule has 2 heterocycles. The standard InChI is InChI=1S/C18H23FN4O4/c1-12-21-16(22-27-12)9-20-11-18(25)6-3-7-23(17(18)24)10-13-8-14(26-2)4-5-15(13)19/h4-5,8,20,25H,3,6-7,9-11H2,1-2H3/t18-/m0/s1. The Morgan fingerprint density at radius 1 is 1.48 bits per heavy atom. The van der Waals surface area contributed by atoms with Crippen molar-refractivity contribution < 1.29 is 23.6 Å². The fourth-order valence-electron chi connectivity index (χ4n) is 3.18. The molecule has 1 aromatic carbocycles. The van der Waals surface area contributed by atoms with E-state index in [1.165, 1.54) is 24.1 Å². The number of halogens is 1. The van der Waals surface area contributed by atoms with Crippen molar-refractivity contribution in [2.45, 2.75) is 38.5 Å². The highest BCUT2D eigenvalue weighted by Gasteiger charge is 2.42. The molecular weight excluding hydrogens is 355 g/mol. The minimum atomic E-state index is -1.55. The number of carbonyl (C=O) groups excluding carboxylic acids is 1. The lowest BCUT2D eigenvalue weighted by Crippen LogP contribution is -2.57. The zero-order valence-electron chi connectivity index (χ0n) is 15.4. The van der Waals surface area contributed by atoms with Gasteiger partial charge in [-0.2, -0.15) is 4.98 Å². The van der Waals surface area contributed by atoms with Gasteiger partial charge in [-0.15, -0.1) is 0 Å². The lowest BCUT2D eigenvalue weighted by Gasteiger charge is -2.38. The molecule has 1 aliphatic rings. The summed E-state index contributed by atoms with van der Waals surface area (Å²) >= 11 is 0. The predicted molar refractivity (Wildman–Crippen MR) is 93.3 cm³/mol. The molecule has 0 spiro atoms. The summed E-state index contributed by atoms with van der Waals surface area (Å²) in [5.74, 6) is 0.583. The first kappa shape index (κ1) is 19.2. The van der Waals surface area contributed by atoms with Crippen molar-refractivity contribution >= 4 is 5.91 Å². The monoisotopic (exact) mass is 378 g/mol. The Bertz CT molecular complexity index is 812. The zero-order chi connectivity index (χ0) is 19.4. The summed E-state index contributed by atoms with van der Waals surface area (Å²) in [6.45, 7) is 2.55. The van der Waals surface area contributed by atoms with Crippen LogP contribution in [0.25, 0.3) is 0 Å². The SMILES string of the molecule is COc1ccc(F)c(CN2CCC[C@](O)(CNCc3noc(C)n3)C2=O)c1. The first-order chi connectivity index (χ1) is 12.9. The molecule has 0 radical (unpaired) electrons. The molecular formula is C18H23FN4O4. The molecule has 27 heavy (non-hydrogen) atoms. The van der Waals surface area contributed by atoms with Crippen molar-refractivity contribution in [1.29, 1.82) is 0 Å². The van der Waals surface area contributed by atoms with Gasteiger partial charge >= 0.3 is 0 Å². The van der Waals surface area contributed by atoms with E-state index in [0.29, 0.717) is 42.4 Å². The molecule has 8 nitrogen and oxygen atoms in total. The average Bonchev–Trinajstić information content (AvgIpc) is 3.06. The predicted octanol–water partition coefficient (Wildman–Crippen LogP) is 1.17. The molecule has 1 amide bonds. The van der Waals surface area contributed by atoms with E-state index in [0.717, 1.165) is 0 Å². The van der Waals surface area contributed by atoms with Crippen molar-refractivity contribution in [3.8, 4) is 5.75 Å². The van der Waals surface area contributed by atoms with Crippen LogP contribution in [0.15, 0.2) is 22.7 Å². The lowest BCUT2D eigenvalue weighted by atomic mass is 9.91. The Morgan fingerprint density at radius 2 is 2.30 bits per heavy atom. The highest BCUT2D eigenvalue weighted by Crippen LogP contribution is 2.25. The Labute approximate surface area is 156 Å². The summed E-state index contributed by atoms with van der Waals surface area (Å²) in [6.07, 6.45) is 0.956. The first-order valence-electron chi connectivity index (χ1n) is 8.75. The zero-order valence-corrected chi connectivity index (χ0v) is 15.4. The second-order valence-corrected chi connectivity index (χ2v) is 6.65. The van der Waals surface area contributed by atoms with E-state index in [4.69, 9.17) is 9.26 Å². The molecule has 1 aromatic heterocycles. The van der Waals surface area contributed by atoms with Crippen LogP contribution in [-0.4, -0.2) is 51.9 Å². The van der Waals surface area contributed by atoms with Gasteiger partial charge in [0.15, 0.2) is 11.4 Å². The van der Waals surface area contributed by atoms with Crippen LogP contribution in [-0.2, 0) is 17.9 Å². The summed E-state index contributed by atoms with van der Waals surface area (Å²) in [4.78, 5) is 18.3. The van der Waals surface area contributed by atoms with Crippen LogP contribution in [0, 0.1) is 12.7 Å². The van der Waals surface area contributed by atoms with Crippen LogP contribution in [0.3, 0.4) is 0 Å². The van der Waals surface area contributed by atoms with Crippen LogP contribution in [0.5, 0.6) is 5.75 Å². The van der Waals surface area contributed by atoms with E-state index in [1.807, 2.05) is 0 Å². The number of ether oxygens (including phenoxy) is 1. The van der Waals surface area contributed by atoms with Gasteiger partial charge in [0, 0.05) is 32.1 Å². The molecule has 1 aliphatic heterocycles.